The Morgan fingerprint density at radius 2 is 1.93 bits per heavy atom. The number of aryl methyl sites for hydroxylation is 3. The maximum absolute atomic E-state index is 12.8. The molecule has 1 aromatic heterocycles. The van der Waals surface area contributed by atoms with E-state index in [2.05, 4.69) is 15.0 Å². The van der Waals surface area contributed by atoms with Crippen LogP contribution in [0.3, 0.4) is 0 Å². The van der Waals surface area contributed by atoms with E-state index < -0.39 is 10.0 Å². The van der Waals surface area contributed by atoms with Crippen LogP contribution in [0.5, 0.6) is 0 Å². The van der Waals surface area contributed by atoms with Crippen LogP contribution in [0.1, 0.15) is 69.6 Å². The molecule has 1 atom stereocenters. The van der Waals surface area contributed by atoms with Crippen LogP contribution in [0.15, 0.2) is 23.1 Å². The fraction of sp³-hybridized carbons (Fsp3) is 0.500. The fourth-order valence-electron chi connectivity index (χ4n) is 4.19. The predicted molar refractivity (Wildman–Crippen MR) is 109 cm³/mol. The standard InChI is InChI=1S/C20H25N3O3S2/c1-12-19(27-13(2)21-12)20(24)22-18-10-8-14-7-9-16(11-17(14)18)28(25,26)23-15-5-3-4-6-15/h7,9,11,15,18,23H,3-6,8,10H2,1-2H3,(H,22,24)/t18-/m0/s1. The van der Waals surface area contributed by atoms with Crippen molar-refractivity contribution in [1.82, 2.24) is 15.0 Å². The van der Waals surface area contributed by atoms with E-state index in [-0.39, 0.29) is 22.9 Å². The van der Waals surface area contributed by atoms with Gasteiger partial charge in [0.05, 0.1) is 21.6 Å². The molecule has 1 amide bonds. The Hall–Kier alpha value is -1.77. The Balaban J connectivity index is 1.55. The van der Waals surface area contributed by atoms with Crippen molar-refractivity contribution in [2.75, 3.05) is 0 Å². The topological polar surface area (TPSA) is 88.2 Å². The number of fused-ring (bicyclic) bond motifs is 1. The lowest BCUT2D eigenvalue weighted by Gasteiger charge is -2.16. The molecule has 150 valence electrons. The van der Waals surface area contributed by atoms with E-state index in [0.29, 0.717) is 4.88 Å². The molecule has 0 bridgehead atoms. The first-order valence-electron chi connectivity index (χ1n) is 9.73. The lowest BCUT2D eigenvalue weighted by atomic mass is 10.1. The third-order valence-electron chi connectivity index (χ3n) is 5.60. The molecule has 2 aliphatic rings. The van der Waals surface area contributed by atoms with E-state index in [1.807, 2.05) is 19.9 Å². The number of hydrogen-bond donors (Lipinski definition) is 2. The highest BCUT2D eigenvalue weighted by Crippen LogP contribution is 2.34. The highest BCUT2D eigenvalue weighted by atomic mass is 32.2. The molecular weight excluding hydrogens is 394 g/mol. The van der Waals surface area contributed by atoms with E-state index in [0.717, 1.165) is 60.4 Å². The minimum Gasteiger partial charge on any atom is -0.344 e. The summed E-state index contributed by atoms with van der Waals surface area (Å²) in [4.78, 5) is 17.9. The number of rotatable bonds is 5. The van der Waals surface area contributed by atoms with Crippen molar-refractivity contribution in [1.29, 1.82) is 0 Å². The van der Waals surface area contributed by atoms with E-state index in [4.69, 9.17) is 0 Å². The Morgan fingerprint density at radius 3 is 2.61 bits per heavy atom. The van der Waals surface area contributed by atoms with E-state index >= 15 is 0 Å². The quantitative estimate of drug-likeness (QED) is 0.777. The van der Waals surface area contributed by atoms with Gasteiger partial charge < -0.3 is 5.32 Å². The van der Waals surface area contributed by atoms with Crippen LogP contribution in [0, 0.1) is 13.8 Å². The number of carbonyl (C=O) groups excluding carboxylic acids is 1. The molecule has 1 saturated carbocycles. The summed E-state index contributed by atoms with van der Waals surface area (Å²) in [5, 5.41) is 3.94. The monoisotopic (exact) mass is 419 g/mol. The van der Waals surface area contributed by atoms with Crippen LogP contribution < -0.4 is 10.0 Å². The number of nitrogens with zero attached hydrogens (tertiary/aromatic N) is 1. The van der Waals surface area contributed by atoms with E-state index in [9.17, 15) is 13.2 Å². The van der Waals surface area contributed by atoms with Gasteiger partial charge >= 0.3 is 0 Å². The van der Waals surface area contributed by atoms with E-state index in [1.165, 1.54) is 11.3 Å². The molecule has 1 heterocycles. The molecule has 8 heteroatoms. The van der Waals surface area contributed by atoms with E-state index in [1.54, 1.807) is 12.1 Å². The van der Waals surface area contributed by atoms with Crippen LogP contribution in [-0.4, -0.2) is 25.4 Å². The zero-order valence-electron chi connectivity index (χ0n) is 16.1. The minimum absolute atomic E-state index is 0.0336. The smallest absolute Gasteiger partial charge is 0.263 e. The number of amides is 1. The average molecular weight is 420 g/mol. The maximum atomic E-state index is 12.8. The first-order valence-corrected chi connectivity index (χ1v) is 12.0. The lowest BCUT2D eigenvalue weighted by Crippen LogP contribution is -2.33. The number of carbonyl (C=O) groups is 1. The van der Waals surface area contributed by atoms with Crippen molar-refractivity contribution in [2.45, 2.75) is 69.4 Å². The Morgan fingerprint density at radius 1 is 1.18 bits per heavy atom. The van der Waals surface area contributed by atoms with Gasteiger partial charge in [-0.2, -0.15) is 0 Å². The van der Waals surface area contributed by atoms with Gasteiger partial charge in [-0.3, -0.25) is 4.79 Å². The predicted octanol–water partition coefficient (Wildman–Crippen LogP) is 3.40. The molecule has 1 fully saturated rings. The summed E-state index contributed by atoms with van der Waals surface area (Å²) in [6.07, 6.45) is 5.55. The van der Waals surface area contributed by atoms with Crippen molar-refractivity contribution in [3.8, 4) is 0 Å². The number of aromatic nitrogens is 1. The Labute approximate surface area is 169 Å². The second kappa shape index (κ2) is 7.57. The number of thiazole rings is 1. The summed E-state index contributed by atoms with van der Waals surface area (Å²) in [6.45, 7) is 3.72. The van der Waals surface area contributed by atoms with Gasteiger partial charge in [0.2, 0.25) is 10.0 Å². The first kappa shape index (κ1) is 19.5. The molecule has 1 aromatic carbocycles. The summed E-state index contributed by atoms with van der Waals surface area (Å²) in [7, 11) is -3.54. The molecule has 2 aromatic rings. The van der Waals surface area contributed by atoms with Crippen molar-refractivity contribution in [3.63, 3.8) is 0 Å². The molecule has 0 radical (unpaired) electrons. The molecular formula is C20H25N3O3S2. The molecule has 0 spiro atoms. The third kappa shape index (κ3) is 3.86. The van der Waals surface area contributed by atoms with Crippen molar-refractivity contribution >= 4 is 27.3 Å². The van der Waals surface area contributed by atoms with Gasteiger partial charge in [0, 0.05) is 6.04 Å². The van der Waals surface area contributed by atoms with Crippen molar-refractivity contribution in [3.05, 3.63) is 44.9 Å². The summed E-state index contributed by atoms with van der Waals surface area (Å²) >= 11 is 1.38. The van der Waals surface area contributed by atoms with Gasteiger partial charge in [0.1, 0.15) is 4.88 Å². The SMILES string of the molecule is Cc1nc(C)c(C(=O)N[C@H]2CCc3ccc(S(=O)(=O)NC4CCCC4)cc32)s1. The lowest BCUT2D eigenvalue weighted by molar-refractivity contribution is 0.0940. The van der Waals surface area contributed by atoms with Gasteiger partial charge in [0.15, 0.2) is 0 Å². The van der Waals surface area contributed by atoms with Crippen LogP contribution in [0.4, 0.5) is 0 Å². The summed E-state index contributed by atoms with van der Waals surface area (Å²) < 4.78 is 28.4. The number of hydrogen-bond acceptors (Lipinski definition) is 5. The first-order chi connectivity index (χ1) is 13.3. The second-order valence-corrected chi connectivity index (χ2v) is 10.6. The second-order valence-electron chi connectivity index (χ2n) is 7.68. The summed E-state index contributed by atoms with van der Waals surface area (Å²) in [6, 6.07) is 5.15. The minimum atomic E-state index is -3.54. The van der Waals surface area contributed by atoms with Gasteiger partial charge in [-0.05, 0) is 62.8 Å². The fourth-order valence-corrected chi connectivity index (χ4v) is 6.36. The van der Waals surface area contributed by atoms with Gasteiger partial charge in [0.25, 0.3) is 5.91 Å². The van der Waals surface area contributed by atoms with Crippen molar-refractivity contribution < 1.29 is 13.2 Å². The maximum Gasteiger partial charge on any atom is 0.263 e. The normalized spacial score (nSPS) is 19.7. The highest BCUT2D eigenvalue weighted by molar-refractivity contribution is 7.89. The zero-order chi connectivity index (χ0) is 19.9. The largest absolute Gasteiger partial charge is 0.344 e. The number of nitrogens with one attached hydrogen (secondary N) is 2. The average Bonchev–Trinajstić information content (AvgIpc) is 3.35. The third-order valence-corrected chi connectivity index (χ3v) is 8.19. The molecule has 28 heavy (non-hydrogen) atoms. The Bertz CT molecular complexity index is 1010. The zero-order valence-corrected chi connectivity index (χ0v) is 17.8. The van der Waals surface area contributed by atoms with Crippen LogP contribution >= 0.6 is 11.3 Å². The summed E-state index contributed by atoms with van der Waals surface area (Å²) in [5.41, 5.74) is 2.74. The molecule has 2 aliphatic carbocycles. The summed E-state index contributed by atoms with van der Waals surface area (Å²) in [5.74, 6) is -0.140. The van der Waals surface area contributed by atoms with Crippen LogP contribution in [0.2, 0.25) is 0 Å². The van der Waals surface area contributed by atoms with Crippen LogP contribution in [-0.2, 0) is 16.4 Å². The van der Waals surface area contributed by atoms with Gasteiger partial charge in [-0.25, -0.2) is 18.1 Å². The van der Waals surface area contributed by atoms with Crippen molar-refractivity contribution in [2.24, 2.45) is 0 Å². The molecule has 4 rings (SSSR count). The molecule has 6 nitrogen and oxygen atoms in total. The molecule has 0 saturated heterocycles. The molecule has 0 unspecified atom stereocenters. The molecule has 2 N–H and O–H groups in total. The molecule has 0 aliphatic heterocycles. The Kier molecular flexibility index (Phi) is 5.28. The van der Waals surface area contributed by atoms with Gasteiger partial charge in [-0.15, -0.1) is 11.3 Å². The van der Waals surface area contributed by atoms with Gasteiger partial charge in [-0.1, -0.05) is 18.9 Å². The van der Waals surface area contributed by atoms with Crippen LogP contribution in [0.25, 0.3) is 0 Å². The number of sulfonamides is 1. The highest BCUT2D eigenvalue weighted by Gasteiger charge is 2.29. The number of benzene rings is 1.